The van der Waals surface area contributed by atoms with Gasteiger partial charge in [-0.15, -0.1) is 0 Å². The average molecular weight is 132 g/mol. The molecule has 0 aromatic heterocycles. The van der Waals surface area contributed by atoms with Crippen molar-refractivity contribution in [2.75, 3.05) is 0 Å². The summed E-state index contributed by atoms with van der Waals surface area (Å²) in [4.78, 5) is 0. The van der Waals surface area contributed by atoms with Gasteiger partial charge in [0.15, 0.2) is 0 Å². The molecule has 0 unspecified atom stereocenters. The van der Waals surface area contributed by atoms with E-state index < -0.39 is 8.07 Å². The zero-order valence-electron chi connectivity index (χ0n) is 6.86. The predicted molar refractivity (Wildman–Crippen MR) is 41.4 cm³/mol. The van der Waals surface area contributed by atoms with Gasteiger partial charge in [0, 0.05) is 0 Å². The molecule has 0 heterocycles. The van der Waals surface area contributed by atoms with E-state index >= 15 is 0 Å². The number of rotatable bonds is 2. The maximum atomic E-state index is 3.57. The Morgan fingerprint density at radius 2 is 1.78 bits per heavy atom. The van der Waals surface area contributed by atoms with Gasteiger partial charge in [-0.05, 0) is 8.07 Å². The Bertz CT molecular complexity index is 100.0. The summed E-state index contributed by atoms with van der Waals surface area (Å²) in [7, 11) is -1.05. The first kappa shape index (κ1) is 12.0. The van der Waals surface area contributed by atoms with E-state index in [0.29, 0.717) is 0 Å². The van der Waals surface area contributed by atoms with Gasteiger partial charge in [-0.1, -0.05) is 19.6 Å². The van der Waals surface area contributed by atoms with Gasteiger partial charge in [-0.25, -0.2) is 12.2 Å². The van der Waals surface area contributed by atoms with Crippen LogP contribution in [0, 0.1) is 5.70 Å². The molecule has 0 fully saturated rings. The van der Waals surface area contributed by atoms with Crippen LogP contribution in [0.5, 0.6) is 0 Å². The summed E-state index contributed by atoms with van der Waals surface area (Å²) >= 11 is 0. The van der Waals surface area contributed by atoms with E-state index in [2.05, 4.69) is 31.9 Å². The van der Waals surface area contributed by atoms with E-state index in [4.69, 9.17) is 0 Å². The van der Waals surface area contributed by atoms with Crippen LogP contribution in [0.15, 0.2) is 18.7 Å². The third kappa shape index (κ3) is 11.7. The Hall–Kier alpha value is 0.294. The molecule has 0 spiro atoms. The summed E-state index contributed by atoms with van der Waals surface area (Å²) in [5.74, 6) is 0. The van der Waals surface area contributed by atoms with E-state index in [-0.39, 0.29) is 18.9 Å². The molecular weight excluding hydrogens is 119 g/mol. The summed E-state index contributed by atoms with van der Waals surface area (Å²) in [6.07, 6.45) is 3.68. The molecule has 0 aromatic rings. The predicted octanol–water partition coefficient (Wildman–Crippen LogP) is -0.587. The molecule has 0 aromatic carbocycles. The van der Waals surface area contributed by atoms with Crippen molar-refractivity contribution in [3.05, 3.63) is 24.4 Å². The SMILES string of the molecule is C=CC=[C-][Si](C)(C)C.[Li+]. The Balaban J connectivity index is 0. The molecule has 0 aliphatic rings. The number of allylic oxidation sites excluding steroid dienone is 2. The molecule has 0 aliphatic heterocycles. The van der Waals surface area contributed by atoms with Crippen molar-refractivity contribution in [1.82, 2.24) is 0 Å². The average Bonchev–Trinajstić information content (AvgIpc) is 1.59. The molecular formula is C7H13LiSi. The largest absolute Gasteiger partial charge is 1.00 e. The van der Waals surface area contributed by atoms with Crippen molar-refractivity contribution in [1.29, 1.82) is 0 Å². The molecule has 0 nitrogen and oxygen atoms in total. The van der Waals surface area contributed by atoms with Gasteiger partial charge in [0.1, 0.15) is 0 Å². The fraction of sp³-hybridized carbons (Fsp3) is 0.429. The molecule has 0 rings (SSSR count). The first-order chi connectivity index (χ1) is 3.56. The Morgan fingerprint density at radius 1 is 1.33 bits per heavy atom. The first-order valence-corrected chi connectivity index (χ1v) is 6.28. The Kier molecular flexibility index (Phi) is 6.82. The van der Waals surface area contributed by atoms with Crippen molar-refractivity contribution >= 4 is 8.07 Å². The van der Waals surface area contributed by atoms with E-state index in [1.807, 2.05) is 6.08 Å². The van der Waals surface area contributed by atoms with Gasteiger partial charge in [-0.2, -0.15) is 6.58 Å². The summed E-state index contributed by atoms with van der Waals surface area (Å²) in [5, 5.41) is 0. The second kappa shape index (κ2) is 5.11. The molecule has 0 saturated heterocycles. The minimum atomic E-state index is -1.05. The summed E-state index contributed by atoms with van der Waals surface area (Å²) < 4.78 is 0. The first-order valence-electron chi connectivity index (χ1n) is 2.78. The van der Waals surface area contributed by atoms with Crippen molar-refractivity contribution < 1.29 is 18.9 Å². The van der Waals surface area contributed by atoms with Crippen LogP contribution in [0.2, 0.25) is 19.6 Å². The van der Waals surface area contributed by atoms with Gasteiger partial charge < -0.3 is 0 Å². The summed E-state index contributed by atoms with van der Waals surface area (Å²) in [6, 6.07) is 0. The second-order valence-electron chi connectivity index (χ2n) is 2.80. The van der Waals surface area contributed by atoms with Gasteiger partial charge in [0.2, 0.25) is 0 Å². The molecule has 0 N–H and O–H groups in total. The van der Waals surface area contributed by atoms with Crippen LogP contribution in [0.1, 0.15) is 0 Å². The Labute approximate surface area is 71.2 Å². The maximum absolute atomic E-state index is 3.57. The maximum Gasteiger partial charge on any atom is 1.00 e. The molecule has 0 atom stereocenters. The van der Waals surface area contributed by atoms with Gasteiger partial charge >= 0.3 is 18.9 Å². The van der Waals surface area contributed by atoms with E-state index in [1.165, 1.54) is 0 Å². The fourth-order valence-electron chi connectivity index (χ4n) is 0.309. The smallest absolute Gasteiger partial charge is 0.279 e. The van der Waals surface area contributed by atoms with Crippen LogP contribution < -0.4 is 18.9 Å². The van der Waals surface area contributed by atoms with E-state index in [9.17, 15) is 0 Å². The second-order valence-corrected chi connectivity index (χ2v) is 7.59. The summed E-state index contributed by atoms with van der Waals surface area (Å²) in [6.45, 7) is 10.3. The minimum Gasteiger partial charge on any atom is -0.279 e. The molecule has 46 valence electrons. The van der Waals surface area contributed by atoms with Crippen LogP contribution in [-0.4, -0.2) is 8.07 Å². The van der Waals surface area contributed by atoms with Crippen LogP contribution in [-0.2, 0) is 0 Å². The molecule has 0 bridgehead atoms. The summed E-state index contributed by atoms with van der Waals surface area (Å²) in [5.41, 5.74) is 3.27. The molecule has 0 amide bonds. The number of hydrogen-bond acceptors (Lipinski definition) is 0. The van der Waals surface area contributed by atoms with Crippen LogP contribution in [0.3, 0.4) is 0 Å². The van der Waals surface area contributed by atoms with Crippen LogP contribution in [0.4, 0.5) is 0 Å². The molecule has 9 heavy (non-hydrogen) atoms. The number of hydrogen-bond donors (Lipinski definition) is 0. The van der Waals surface area contributed by atoms with E-state index in [0.717, 1.165) is 0 Å². The zero-order chi connectivity index (χ0) is 6.62. The molecule has 0 saturated carbocycles. The zero-order valence-corrected chi connectivity index (χ0v) is 7.86. The fourth-order valence-corrected chi connectivity index (χ4v) is 0.927. The van der Waals surface area contributed by atoms with Crippen molar-refractivity contribution in [2.45, 2.75) is 19.6 Å². The van der Waals surface area contributed by atoms with Crippen molar-refractivity contribution in [3.8, 4) is 0 Å². The molecule has 2 heteroatoms. The third-order valence-corrected chi connectivity index (χ3v) is 1.67. The van der Waals surface area contributed by atoms with Gasteiger partial charge in [-0.3, -0.25) is 5.70 Å². The van der Waals surface area contributed by atoms with Crippen LogP contribution in [0.25, 0.3) is 0 Å². The monoisotopic (exact) mass is 132 g/mol. The van der Waals surface area contributed by atoms with E-state index in [1.54, 1.807) is 6.08 Å². The van der Waals surface area contributed by atoms with Gasteiger partial charge in [0.05, 0.1) is 0 Å². The topological polar surface area (TPSA) is 0 Å². The van der Waals surface area contributed by atoms with Crippen molar-refractivity contribution in [3.63, 3.8) is 0 Å². The van der Waals surface area contributed by atoms with Crippen molar-refractivity contribution in [2.24, 2.45) is 0 Å². The minimum absolute atomic E-state index is 0. The quantitative estimate of drug-likeness (QED) is 0.268. The normalized spacial score (nSPS) is 11.0. The standard InChI is InChI=1S/C7H13Si.Li/c1-5-6-7-8(2,3)4;/h5-6H,1H2,2-4H3;/q-1;+1. The van der Waals surface area contributed by atoms with Gasteiger partial charge in [0.25, 0.3) is 0 Å². The van der Waals surface area contributed by atoms with Crippen LogP contribution >= 0.6 is 0 Å². The third-order valence-electron chi connectivity index (χ3n) is 0.634. The molecule has 0 radical (unpaired) electrons. The Morgan fingerprint density at radius 3 is 1.89 bits per heavy atom. The molecule has 0 aliphatic carbocycles.